The van der Waals surface area contributed by atoms with Gasteiger partial charge in [-0.3, -0.25) is 9.59 Å². The number of carbonyl (C=O) groups is 2. The highest BCUT2D eigenvalue weighted by atomic mass is 19.4. The lowest BCUT2D eigenvalue weighted by Gasteiger charge is -2.29. The lowest BCUT2D eigenvalue weighted by atomic mass is 9.85. The average Bonchev–Trinajstić information content (AvgIpc) is 2.58. The number of para-hydroxylation sites is 1. The van der Waals surface area contributed by atoms with Crippen molar-refractivity contribution in [2.75, 3.05) is 16.8 Å². The maximum atomic E-state index is 12.8. The molecule has 2 aromatic rings. The van der Waals surface area contributed by atoms with Gasteiger partial charge in [0, 0.05) is 18.3 Å². The number of rotatable bonds is 4. The summed E-state index contributed by atoms with van der Waals surface area (Å²) in [5, 5.41) is 2.43. The first kappa shape index (κ1) is 21.5. The van der Waals surface area contributed by atoms with E-state index in [0.717, 1.165) is 17.7 Å². The van der Waals surface area contributed by atoms with Crippen LogP contribution in [0.1, 0.15) is 38.8 Å². The summed E-state index contributed by atoms with van der Waals surface area (Å²) in [6.45, 7) is 7.02. The van der Waals surface area contributed by atoms with Crippen LogP contribution < -0.4 is 10.2 Å². The SMILES string of the molecule is CC(=O)N(CC(=O)Nc1cccc(C(F)(F)F)c1)c1ccccc1C(C)(C)C. The summed E-state index contributed by atoms with van der Waals surface area (Å²) in [5.41, 5.74) is 0.389. The van der Waals surface area contributed by atoms with E-state index < -0.39 is 17.6 Å². The zero-order chi connectivity index (χ0) is 21.1. The smallest absolute Gasteiger partial charge is 0.325 e. The first-order chi connectivity index (χ1) is 12.9. The van der Waals surface area contributed by atoms with Crippen molar-refractivity contribution in [1.82, 2.24) is 0 Å². The predicted molar refractivity (Wildman–Crippen MR) is 103 cm³/mol. The molecule has 0 aromatic heterocycles. The zero-order valence-corrected chi connectivity index (χ0v) is 16.2. The Morgan fingerprint density at radius 1 is 1.00 bits per heavy atom. The number of nitrogens with one attached hydrogen (secondary N) is 1. The number of hydrogen-bond acceptors (Lipinski definition) is 2. The third-order valence-electron chi connectivity index (χ3n) is 4.16. The Morgan fingerprint density at radius 2 is 1.64 bits per heavy atom. The van der Waals surface area contributed by atoms with Crippen molar-refractivity contribution in [2.45, 2.75) is 39.3 Å². The molecule has 0 aliphatic carbocycles. The maximum Gasteiger partial charge on any atom is 0.416 e. The molecular formula is C21H23F3N2O2. The van der Waals surface area contributed by atoms with Crippen molar-refractivity contribution in [1.29, 1.82) is 0 Å². The van der Waals surface area contributed by atoms with Gasteiger partial charge in [-0.05, 0) is 35.2 Å². The number of carbonyl (C=O) groups excluding carboxylic acids is 2. The Balaban J connectivity index is 2.25. The molecule has 0 atom stereocenters. The molecule has 0 aliphatic rings. The van der Waals surface area contributed by atoms with Gasteiger partial charge in [0.1, 0.15) is 6.54 Å². The molecule has 7 heteroatoms. The molecule has 2 amide bonds. The van der Waals surface area contributed by atoms with Crippen LogP contribution in [-0.4, -0.2) is 18.4 Å². The molecule has 0 unspecified atom stereocenters. The highest BCUT2D eigenvalue weighted by Crippen LogP contribution is 2.32. The molecule has 2 rings (SSSR count). The fourth-order valence-electron chi connectivity index (χ4n) is 2.83. The van der Waals surface area contributed by atoms with E-state index >= 15 is 0 Å². The topological polar surface area (TPSA) is 49.4 Å². The van der Waals surface area contributed by atoms with Gasteiger partial charge in [0.15, 0.2) is 0 Å². The van der Waals surface area contributed by atoms with E-state index in [4.69, 9.17) is 0 Å². The van der Waals surface area contributed by atoms with E-state index in [2.05, 4.69) is 5.32 Å². The molecule has 0 aliphatic heterocycles. The number of alkyl halides is 3. The van der Waals surface area contributed by atoms with Crippen LogP contribution in [0.3, 0.4) is 0 Å². The monoisotopic (exact) mass is 392 g/mol. The van der Waals surface area contributed by atoms with Gasteiger partial charge in [-0.25, -0.2) is 0 Å². The van der Waals surface area contributed by atoms with Crippen molar-refractivity contribution in [3.05, 3.63) is 59.7 Å². The highest BCUT2D eigenvalue weighted by Gasteiger charge is 2.30. The third-order valence-corrected chi connectivity index (χ3v) is 4.16. The van der Waals surface area contributed by atoms with Gasteiger partial charge in [0.25, 0.3) is 0 Å². The van der Waals surface area contributed by atoms with Crippen LogP contribution in [0.25, 0.3) is 0 Å². The molecule has 0 saturated heterocycles. The first-order valence-electron chi connectivity index (χ1n) is 8.74. The van der Waals surface area contributed by atoms with Gasteiger partial charge in [-0.1, -0.05) is 45.0 Å². The largest absolute Gasteiger partial charge is 0.416 e. The number of halogens is 3. The summed E-state index contributed by atoms with van der Waals surface area (Å²) >= 11 is 0. The van der Waals surface area contributed by atoms with E-state index in [1.165, 1.54) is 24.0 Å². The standard InChI is InChI=1S/C21H23F3N2O2/c1-14(27)26(18-11-6-5-10-17(18)20(2,3)4)13-19(28)25-16-9-7-8-15(12-16)21(22,23)24/h5-12H,13H2,1-4H3,(H,25,28). The second-order valence-corrected chi connectivity index (χ2v) is 7.50. The summed E-state index contributed by atoms with van der Waals surface area (Å²) in [6.07, 6.45) is -4.50. The molecule has 2 aromatic carbocycles. The second-order valence-electron chi connectivity index (χ2n) is 7.50. The summed E-state index contributed by atoms with van der Waals surface area (Å²) in [4.78, 5) is 26.0. The van der Waals surface area contributed by atoms with E-state index in [-0.39, 0.29) is 23.6 Å². The van der Waals surface area contributed by atoms with E-state index in [0.29, 0.717) is 5.69 Å². The van der Waals surface area contributed by atoms with E-state index in [1.54, 1.807) is 12.1 Å². The van der Waals surface area contributed by atoms with Crippen LogP contribution in [0.2, 0.25) is 0 Å². The minimum absolute atomic E-state index is 0.0208. The van der Waals surface area contributed by atoms with Crippen LogP contribution in [0.5, 0.6) is 0 Å². The second kappa shape index (κ2) is 8.04. The number of anilines is 2. The van der Waals surface area contributed by atoms with Crippen molar-refractivity contribution in [3.63, 3.8) is 0 Å². The molecular weight excluding hydrogens is 369 g/mol. The van der Waals surface area contributed by atoms with Gasteiger partial charge in [-0.2, -0.15) is 13.2 Å². The Bertz CT molecular complexity index is 870. The average molecular weight is 392 g/mol. The maximum absolute atomic E-state index is 12.8. The minimum Gasteiger partial charge on any atom is -0.325 e. The molecule has 28 heavy (non-hydrogen) atoms. The van der Waals surface area contributed by atoms with Gasteiger partial charge in [0.05, 0.1) is 5.56 Å². The normalized spacial score (nSPS) is 11.8. The Hall–Kier alpha value is -2.83. The van der Waals surface area contributed by atoms with Gasteiger partial charge in [-0.15, -0.1) is 0 Å². The molecule has 0 bridgehead atoms. The number of nitrogens with zero attached hydrogens (tertiary/aromatic N) is 1. The summed E-state index contributed by atoms with van der Waals surface area (Å²) in [5.74, 6) is -0.922. The van der Waals surface area contributed by atoms with Crippen LogP contribution >= 0.6 is 0 Å². The van der Waals surface area contributed by atoms with Gasteiger partial charge in [0.2, 0.25) is 11.8 Å². The number of benzene rings is 2. The lowest BCUT2D eigenvalue weighted by Crippen LogP contribution is -2.38. The molecule has 0 heterocycles. The molecule has 4 nitrogen and oxygen atoms in total. The third kappa shape index (κ3) is 5.34. The zero-order valence-electron chi connectivity index (χ0n) is 16.2. The summed E-state index contributed by atoms with van der Waals surface area (Å²) in [7, 11) is 0. The molecule has 0 saturated carbocycles. The molecule has 1 N–H and O–H groups in total. The fraction of sp³-hybridized carbons (Fsp3) is 0.333. The quantitative estimate of drug-likeness (QED) is 0.797. The summed E-state index contributed by atoms with van der Waals surface area (Å²) in [6, 6.07) is 11.6. The van der Waals surface area contributed by atoms with Gasteiger partial charge < -0.3 is 10.2 Å². The highest BCUT2D eigenvalue weighted by molar-refractivity contribution is 6.02. The van der Waals surface area contributed by atoms with E-state index in [9.17, 15) is 22.8 Å². The number of amides is 2. The van der Waals surface area contributed by atoms with Gasteiger partial charge >= 0.3 is 6.18 Å². The van der Waals surface area contributed by atoms with Crippen molar-refractivity contribution in [3.8, 4) is 0 Å². The Kier molecular flexibility index (Phi) is 6.17. The first-order valence-corrected chi connectivity index (χ1v) is 8.74. The Morgan fingerprint density at radius 3 is 2.21 bits per heavy atom. The van der Waals surface area contributed by atoms with Crippen molar-refractivity contribution < 1.29 is 22.8 Å². The lowest BCUT2D eigenvalue weighted by molar-refractivity contribution is -0.137. The summed E-state index contributed by atoms with van der Waals surface area (Å²) < 4.78 is 38.5. The van der Waals surface area contributed by atoms with Crippen LogP contribution in [0, 0.1) is 0 Å². The molecule has 150 valence electrons. The van der Waals surface area contributed by atoms with Crippen LogP contribution in [-0.2, 0) is 21.2 Å². The number of hydrogen-bond donors (Lipinski definition) is 1. The van der Waals surface area contributed by atoms with Crippen molar-refractivity contribution >= 4 is 23.2 Å². The minimum atomic E-state index is -4.50. The molecule has 0 radical (unpaired) electrons. The van der Waals surface area contributed by atoms with E-state index in [1.807, 2.05) is 32.9 Å². The van der Waals surface area contributed by atoms with Crippen molar-refractivity contribution in [2.24, 2.45) is 0 Å². The predicted octanol–water partition coefficient (Wildman–Crippen LogP) is 4.99. The fourth-order valence-corrected chi connectivity index (χ4v) is 2.83. The van der Waals surface area contributed by atoms with Crippen LogP contribution in [0.4, 0.5) is 24.5 Å². The molecule has 0 fully saturated rings. The van der Waals surface area contributed by atoms with Crippen LogP contribution in [0.15, 0.2) is 48.5 Å². The molecule has 0 spiro atoms. The Labute approximate surface area is 162 Å².